The highest BCUT2D eigenvalue weighted by Gasteiger charge is 2.12. The molecule has 0 saturated heterocycles. The minimum atomic E-state index is -0.611. The quantitative estimate of drug-likeness (QED) is 0.764. The van der Waals surface area contributed by atoms with Crippen molar-refractivity contribution in [1.29, 1.82) is 0 Å². The van der Waals surface area contributed by atoms with Gasteiger partial charge in [-0.3, -0.25) is 0 Å². The zero-order valence-electron chi connectivity index (χ0n) is 11.2. The maximum Gasteiger partial charge on any atom is 0.0685 e. The molecule has 2 nitrogen and oxygen atoms in total. The van der Waals surface area contributed by atoms with Crippen LogP contribution in [0, 0.1) is 0 Å². The van der Waals surface area contributed by atoms with Gasteiger partial charge in [0.1, 0.15) is 0 Å². The third-order valence-corrected chi connectivity index (χ3v) is 3.94. The Morgan fingerprint density at radius 3 is 2.35 bits per heavy atom. The predicted molar refractivity (Wildman–Crippen MR) is 75.6 cm³/mol. The largest absolute Gasteiger partial charge is 0.390 e. The number of aliphatic hydroxyl groups is 1. The average Bonchev–Trinajstić information content (AvgIpc) is 2.26. The summed E-state index contributed by atoms with van der Waals surface area (Å²) in [6.07, 6.45) is 0. The minimum Gasteiger partial charge on any atom is -0.390 e. The van der Waals surface area contributed by atoms with Crippen molar-refractivity contribution in [2.24, 2.45) is 0 Å². The molecule has 17 heavy (non-hydrogen) atoms. The van der Waals surface area contributed by atoms with E-state index in [0.29, 0.717) is 6.04 Å². The van der Waals surface area contributed by atoms with Crippen molar-refractivity contribution in [3.63, 3.8) is 0 Å². The van der Waals surface area contributed by atoms with Crippen LogP contribution in [-0.4, -0.2) is 23.0 Å². The monoisotopic (exact) mass is 253 g/mol. The molecule has 0 saturated carbocycles. The Labute approximate surface area is 109 Å². The molecule has 0 aliphatic carbocycles. The Kier molecular flexibility index (Phi) is 5.50. The second-order valence-corrected chi connectivity index (χ2v) is 6.00. The van der Waals surface area contributed by atoms with Gasteiger partial charge in [-0.1, -0.05) is 19.1 Å². The minimum absolute atomic E-state index is 0.397. The van der Waals surface area contributed by atoms with Gasteiger partial charge in [-0.15, -0.1) is 11.8 Å². The third-order valence-electron chi connectivity index (χ3n) is 2.48. The van der Waals surface area contributed by atoms with Gasteiger partial charge < -0.3 is 10.4 Å². The first-order chi connectivity index (χ1) is 7.92. The predicted octanol–water partition coefficient (Wildman–Crippen LogP) is 3.22. The van der Waals surface area contributed by atoms with E-state index in [2.05, 4.69) is 43.4 Å². The van der Waals surface area contributed by atoms with Crippen LogP contribution in [0.3, 0.4) is 0 Å². The van der Waals surface area contributed by atoms with E-state index < -0.39 is 5.60 Å². The molecule has 1 aromatic rings. The molecule has 0 spiro atoms. The summed E-state index contributed by atoms with van der Waals surface area (Å²) >= 11 is 1.69. The number of thioether (sulfide) groups is 1. The summed E-state index contributed by atoms with van der Waals surface area (Å²) in [5.41, 5.74) is 0.694. The number of nitrogens with one attached hydrogen (secondary N) is 1. The van der Waals surface area contributed by atoms with E-state index in [1.807, 2.05) is 13.8 Å². The van der Waals surface area contributed by atoms with Gasteiger partial charge in [0.15, 0.2) is 0 Å². The fourth-order valence-corrected chi connectivity index (χ4v) is 2.39. The fourth-order valence-electron chi connectivity index (χ4n) is 1.54. The van der Waals surface area contributed by atoms with Gasteiger partial charge in [-0.25, -0.2) is 0 Å². The Morgan fingerprint density at radius 2 is 1.88 bits per heavy atom. The maximum atomic E-state index is 9.66. The molecule has 0 radical (unpaired) electrons. The van der Waals surface area contributed by atoms with Gasteiger partial charge in [0.2, 0.25) is 0 Å². The third kappa shape index (κ3) is 5.57. The Morgan fingerprint density at radius 1 is 1.29 bits per heavy atom. The Hall–Kier alpha value is -0.510. The van der Waals surface area contributed by atoms with Crippen molar-refractivity contribution in [2.45, 2.75) is 44.2 Å². The summed E-state index contributed by atoms with van der Waals surface area (Å²) in [6, 6.07) is 8.95. The van der Waals surface area contributed by atoms with Gasteiger partial charge in [0, 0.05) is 16.7 Å². The fraction of sp³-hybridized carbons (Fsp3) is 0.571. The van der Waals surface area contributed by atoms with Crippen LogP contribution in [0.15, 0.2) is 29.2 Å². The van der Waals surface area contributed by atoms with E-state index >= 15 is 0 Å². The number of benzene rings is 1. The molecule has 0 aliphatic rings. The summed E-state index contributed by atoms with van der Waals surface area (Å²) in [7, 11) is 0. The molecule has 0 amide bonds. The van der Waals surface area contributed by atoms with Crippen molar-refractivity contribution < 1.29 is 5.11 Å². The molecule has 1 unspecified atom stereocenters. The van der Waals surface area contributed by atoms with Gasteiger partial charge in [-0.05, 0) is 45.0 Å². The van der Waals surface area contributed by atoms with E-state index in [-0.39, 0.29) is 0 Å². The lowest BCUT2D eigenvalue weighted by atomic mass is 10.1. The molecule has 1 aromatic carbocycles. The van der Waals surface area contributed by atoms with Crippen LogP contribution in [0.5, 0.6) is 0 Å². The molecule has 96 valence electrons. The van der Waals surface area contributed by atoms with Crippen LogP contribution in [0.4, 0.5) is 0 Å². The van der Waals surface area contributed by atoms with E-state index in [1.54, 1.807) is 11.8 Å². The van der Waals surface area contributed by atoms with Crippen molar-refractivity contribution in [3.8, 4) is 0 Å². The first-order valence-electron chi connectivity index (χ1n) is 6.11. The molecule has 3 heteroatoms. The second kappa shape index (κ2) is 6.43. The summed E-state index contributed by atoms with van der Waals surface area (Å²) in [6.45, 7) is 8.94. The Balaban J connectivity index is 2.56. The maximum absolute atomic E-state index is 9.66. The number of rotatable bonds is 6. The lowest BCUT2D eigenvalue weighted by Crippen LogP contribution is -2.21. The first kappa shape index (κ1) is 14.6. The van der Waals surface area contributed by atoms with Gasteiger partial charge >= 0.3 is 0 Å². The van der Waals surface area contributed by atoms with Crippen LogP contribution in [-0.2, 0) is 0 Å². The van der Waals surface area contributed by atoms with Crippen LogP contribution in [0.1, 0.15) is 39.3 Å². The highest BCUT2D eigenvalue weighted by Crippen LogP contribution is 2.24. The summed E-state index contributed by atoms with van der Waals surface area (Å²) in [5, 5.41) is 13.1. The lowest BCUT2D eigenvalue weighted by molar-refractivity contribution is 0.107. The molecule has 2 N–H and O–H groups in total. The highest BCUT2D eigenvalue weighted by atomic mass is 32.2. The summed E-state index contributed by atoms with van der Waals surface area (Å²) in [4.78, 5) is 1.21. The molecule has 0 bridgehead atoms. The number of hydrogen-bond acceptors (Lipinski definition) is 3. The van der Waals surface area contributed by atoms with Gasteiger partial charge in [0.05, 0.1) is 5.60 Å². The lowest BCUT2D eigenvalue weighted by Gasteiger charge is -2.17. The van der Waals surface area contributed by atoms with E-state index in [9.17, 15) is 5.11 Å². The van der Waals surface area contributed by atoms with Crippen LogP contribution >= 0.6 is 11.8 Å². The van der Waals surface area contributed by atoms with Crippen molar-refractivity contribution in [3.05, 3.63) is 29.8 Å². The molecule has 1 atom stereocenters. The topological polar surface area (TPSA) is 32.3 Å². The average molecular weight is 253 g/mol. The normalized spacial score (nSPS) is 13.7. The Bertz CT molecular complexity index is 329. The van der Waals surface area contributed by atoms with Crippen molar-refractivity contribution in [1.82, 2.24) is 5.32 Å². The zero-order valence-corrected chi connectivity index (χ0v) is 12.0. The smallest absolute Gasteiger partial charge is 0.0685 e. The SMILES string of the molecule is CCNC(C)c1ccc(SCC(C)(C)O)cc1. The summed E-state index contributed by atoms with van der Waals surface area (Å²) < 4.78 is 0. The molecule has 0 aromatic heterocycles. The van der Waals surface area contributed by atoms with Crippen molar-refractivity contribution >= 4 is 11.8 Å². The second-order valence-electron chi connectivity index (χ2n) is 4.95. The molecule has 0 heterocycles. The molecular weight excluding hydrogens is 230 g/mol. The van der Waals surface area contributed by atoms with Crippen LogP contribution < -0.4 is 5.32 Å². The van der Waals surface area contributed by atoms with Crippen molar-refractivity contribution in [2.75, 3.05) is 12.3 Å². The highest BCUT2D eigenvalue weighted by molar-refractivity contribution is 7.99. The standard InChI is InChI=1S/C14H23NOS/c1-5-15-11(2)12-6-8-13(9-7-12)17-10-14(3,4)16/h6-9,11,15-16H,5,10H2,1-4H3. The molecular formula is C14H23NOS. The molecule has 0 aliphatic heterocycles. The van der Waals surface area contributed by atoms with E-state index in [0.717, 1.165) is 12.3 Å². The van der Waals surface area contributed by atoms with Crippen LogP contribution in [0.25, 0.3) is 0 Å². The molecule has 1 rings (SSSR count). The zero-order chi connectivity index (χ0) is 12.9. The number of hydrogen-bond donors (Lipinski definition) is 2. The van der Waals surface area contributed by atoms with Gasteiger partial charge in [-0.2, -0.15) is 0 Å². The molecule has 0 fully saturated rings. The first-order valence-corrected chi connectivity index (χ1v) is 7.09. The van der Waals surface area contributed by atoms with Gasteiger partial charge in [0.25, 0.3) is 0 Å². The van der Waals surface area contributed by atoms with E-state index in [1.165, 1.54) is 10.5 Å². The summed E-state index contributed by atoms with van der Waals surface area (Å²) in [5.74, 6) is 0.717. The van der Waals surface area contributed by atoms with Crippen LogP contribution in [0.2, 0.25) is 0 Å². The van der Waals surface area contributed by atoms with E-state index in [4.69, 9.17) is 0 Å².